The molecule has 144 valence electrons. The van der Waals surface area contributed by atoms with Crippen LogP contribution in [0.1, 0.15) is 18.9 Å². The van der Waals surface area contributed by atoms with E-state index < -0.39 is 6.10 Å². The summed E-state index contributed by atoms with van der Waals surface area (Å²) in [7, 11) is 0. The van der Waals surface area contributed by atoms with Crippen LogP contribution in [0.3, 0.4) is 0 Å². The first-order valence-electron chi connectivity index (χ1n) is 9.19. The number of fused-ring (bicyclic) bond motifs is 1. The quantitative estimate of drug-likeness (QED) is 0.804. The third-order valence-electron chi connectivity index (χ3n) is 4.31. The third-order valence-corrected chi connectivity index (χ3v) is 4.31. The lowest BCUT2D eigenvalue weighted by Gasteiger charge is -2.35. The Labute approximate surface area is 163 Å². The number of nitrogens with zero attached hydrogens (tertiary/aromatic N) is 2. The number of para-hydroxylation sites is 2. The summed E-state index contributed by atoms with van der Waals surface area (Å²) in [6.45, 7) is 2.90. The first-order valence-corrected chi connectivity index (χ1v) is 9.19. The van der Waals surface area contributed by atoms with Crippen LogP contribution < -0.4 is 20.3 Å². The Morgan fingerprint density at radius 3 is 2.86 bits per heavy atom. The molecule has 0 saturated heterocycles. The monoisotopic (exact) mass is 378 g/mol. The summed E-state index contributed by atoms with van der Waals surface area (Å²) in [5.41, 5.74) is 1.80. The molecule has 0 aliphatic carbocycles. The second kappa shape index (κ2) is 8.91. The number of amides is 2. The largest absolute Gasteiger partial charge is 0.477 e. The van der Waals surface area contributed by atoms with Crippen molar-refractivity contribution in [2.24, 2.45) is 0 Å². The smallest absolute Gasteiger partial charge is 0.262 e. The molecule has 1 atom stereocenters. The topological polar surface area (TPSA) is 94.5 Å². The van der Waals surface area contributed by atoms with E-state index in [1.807, 2.05) is 36.1 Å². The number of ether oxygens (including phenoxy) is 1. The zero-order valence-electron chi connectivity index (χ0n) is 15.6. The predicted octanol–water partition coefficient (Wildman–Crippen LogP) is 2.29. The van der Waals surface area contributed by atoms with Gasteiger partial charge in [0.05, 0.1) is 30.4 Å². The second-order valence-electron chi connectivity index (χ2n) is 6.49. The van der Waals surface area contributed by atoms with Gasteiger partial charge in [-0.15, -0.1) is 0 Å². The summed E-state index contributed by atoms with van der Waals surface area (Å²) in [4.78, 5) is 26.8. The van der Waals surface area contributed by atoms with Gasteiger partial charge in [-0.05, 0) is 36.8 Å². The fraction of sp³-hybridized carbons (Fsp3) is 0.286. The van der Waals surface area contributed by atoms with Crippen LogP contribution in [0.2, 0.25) is 0 Å². The summed E-state index contributed by atoms with van der Waals surface area (Å²) in [6, 6.07) is 16.1. The Morgan fingerprint density at radius 1 is 1.25 bits per heavy atom. The van der Waals surface area contributed by atoms with Crippen LogP contribution in [0.4, 0.5) is 11.4 Å². The maximum atomic E-state index is 12.6. The number of nitrogens with one attached hydrogen (secondary N) is 2. The van der Waals surface area contributed by atoms with E-state index in [4.69, 9.17) is 10.00 Å². The van der Waals surface area contributed by atoms with Crippen LogP contribution >= 0.6 is 0 Å². The molecule has 0 bridgehead atoms. The molecule has 3 rings (SSSR count). The van der Waals surface area contributed by atoms with Crippen LogP contribution in [0.15, 0.2) is 48.5 Å². The first-order chi connectivity index (χ1) is 13.6. The minimum atomic E-state index is -0.684. The summed E-state index contributed by atoms with van der Waals surface area (Å²) in [5, 5.41) is 14.6. The second-order valence-corrected chi connectivity index (χ2v) is 6.49. The highest BCUT2D eigenvalue weighted by Crippen LogP contribution is 2.33. The highest BCUT2D eigenvalue weighted by atomic mass is 16.5. The Balaban J connectivity index is 1.72. The van der Waals surface area contributed by atoms with Gasteiger partial charge in [-0.2, -0.15) is 5.26 Å². The van der Waals surface area contributed by atoms with Crippen molar-refractivity contribution < 1.29 is 14.3 Å². The normalized spacial score (nSPS) is 15.0. The molecule has 0 unspecified atom stereocenters. The maximum Gasteiger partial charge on any atom is 0.262 e. The van der Waals surface area contributed by atoms with Crippen molar-refractivity contribution in [3.05, 3.63) is 54.1 Å². The molecule has 2 aromatic rings. The van der Waals surface area contributed by atoms with Gasteiger partial charge in [-0.25, -0.2) is 0 Å². The van der Waals surface area contributed by atoms with Crippen molar-refractivity contribution in [1.29, 1.82) is 5.26 Å². The van der Waals surface area contributed by atoms with Gasteiger partial charge in [0.25, 0.3) is 5.91 Å². The number of carbonyl (C=O) groups excluding carboxylic acids is 2. The molecule has 0 saturated carbocycles. The molecule has 1 aliphatic rings. The van der Waals surface area contributed by atoms with Gasteiger partial charge < -0.3 is 20.3 Å². The van der Waals surface area contributed by atoms with Crippen LogP contribution in [0, 0.1) is 11.3 Å². The number of benzene rings is 2. The van der Waals surface area contributed by atoms with E-state index in [9.17, 15) is 9.59 Å². The predicted molar refractivity (Wildman–Crippen MR) is 106 cm³/mol. The maximum absolute atomic E-state index is 12.6. The number of hydrogen-bond acceptors (Lipinski definition) is 5. The zero-order chi connectivity index (χ0) is 19.9. The molecule has 0 aromatic heterocycles. The summed E-state index contributed by atoms with van der Waals surface area (Å²) < 4.78 is 5.83. The molecule has 2 amide bonds. The molecule has 28 heavy (non-hydrogen) atoms. The first kappa shape index (κ1) is 19.2. The van der Waals surface area contributed by atoms with E-state index in [1.165, 1.54) is 0 Å². The lowest BCUT2D eigenvalue weighted by Crippen LogP contribution is -2.50. The molecule has 0 spiro atoms. The van der Waals surface area contributed by atoms with E-state index in [1.54, 1.807) is 30.3 Å². The van der Waals surface area contributed by atoms with Crippen molar-refractivity contribution in [3.8, 4) is 11.8 Å². The Morgan fingerprint density at radius 2 is 2.07 bits per heavy atom. The molecule has 0 fully saturated rings. The third kappa shape index (κ3) is 4.60. The highest BCUT2D eigenvalue weighted by molar-refractivity contribution is 5.95. The summed E-state index contributed by atoms with van der Waals surface area (Å²) >= 11 is 0. The van der Waals surface area contributed by atoms with Crippen molar-refractivity contribution in [1.82, 2.24) is 5.32 Å². The number of anilines is 2. The number of rotatable bonds is 6. The molecule has 2 N–H and O–H groups in total. The molecular weight excluding hydrogens is 356 g/mol. The SMILES string of the molecule is CCCNC(=O)[C@H]1CN(CC(=O)Nc2cccc(C#N)c2)c2ccccc2O1. The fourth-order valence-corrected chi connectivity index (χ4v) is 3.00. The minimum absolute atomic E-state index is 0.0642. The van der Waals surface area contributed by atoms with Gasteiger partial charge >= 0.3 is 0 Å². The van der Waals surface area contributed by atoms with E-state index in [-0.39, 0.29) is 24.9 Å². The number of carbonyl (C=O) groups is 2. The number of hydrogen-bond donors (Lipinski definition) is 2. The Bertz CT molecular complexity index is 907. The molecule has 1 aliphatic heterocycles. The van der Waals surface area contributed by atoms with Crippen LogP contribution in [-0.2, 0) is 9.59 Å². The van der Waals surface area contributed by atoms with Gasteiger partial charge in [0, 0.05) is 12.2 Å². The lowest BCUT2D eigenvalue weighted by atomic mass is 10.1. The lowest BCUT2D eigenvalue weighted by molar-refractivity contribution is -0.128. The van der Waals surface area contributed by atoms with Crippen LogP contribution in [0.25, 0.3) is 0 Å². The summed E-state index contributed by atoms with van der Waals surface area (Å²) in [5.74, 6) is 0.146. The fourth-order valence-electron chi connectivity index (χ4n) is 3.00. The van der Waals surface area contributed by atoms with Crippen LogP contribution in [-0.4, -0.2) is 37.6 Å². The highest BCUT2D eigenvalue weighted by Gasteiger charge is 2.31. The van der Waals surface area contributed by atoms with Crippen molar-refractivity contribution in [3.63, 3.8) is 0 Å². The van der Waals surface area contributed by atoms with Gasteiger partial charge in [0.1, 0.15) is 5.75 Å². The Kier molecular flexibility index (Phi) is 6.12. The molecule has 7 heteroatoms. The summed E-state index contributed by atoms with van der Waals surface area (Å²) in [6.07, 6.45) is 0.152. The van der Waals surface area contributed by atoms with Gasteiger partial charge in [0.2, 0.25) is 5.91 Å². The number of nitriles is 1. The van der Waals surface area contributed by atoms with Crippen molar-refractivity contribution in [2.45, 2.75) is 19.4 Å². The van der Waals surface area contributed by atoms with Gasteiger partial charge in [-0.1, -0.05) is 25.1 Å². The average molecular weight is 378 g/mol. The van der Waals surface area contributed by atoms with Gasteiger partial charge in [-0.3, -0.25) is 9.59 Å². The van der Waals surface area contributed by atoms with E-state index in [0.29, 0.717) is 23.5 Å². The zero-order valence-corrected chi connectivity index (χ0v) is 15.6. The standard InChI is InChI=1S/C21H22N4O3/c1-2-10-23-21(27)19-13-25(17-8-3-4-9-18(17)28-19)14-20(26)24-16-7-5-6-15(11-16)12-22/h3-9,11,19H,2,10,13-14H2,1H3,(H,23,27)(H,24,26)/t19-/m1/s1. The van der Waals surface area contributed by atoms with Crippen molar-refractivity contribution >= 4 is 23.2 Å². The van der Waals surface area contributed by atoms with E-state index in [2.05, 4.69) is 10.6 Å². The van der Waals surface area contributed by atoms with Crippen LogP contribution in [0.5, 0.6) is 5.75 Å². The van der Waals surface area contributed by atoms with Gasteiger partial charge in [0.15, 0.2) is 6.10 Å². The molecule has 7 nitrogen and oxygen atoms in total. The molecular formula is C21H22N4O3. The average Bonchev–Trinajstić information content (AvgIpc) is 2.71. The Hall–Kier alpha value is -3.53. The van der Waals surface area contributed by atoms with E-state index >= 15 is 0 Å². The minimum Gasteiger partial charge on any atom is -0.477 e. The molecule has 2 aromatic carbocycles. The van der Waals surface area contributed by atoms with Crippen molar-refractivity contribution in [2.75, 3.05) is 29.9 Å². The van der Waals surface area contributed by atoms with E-state index in [0.717, 1.165) is 12.1 Å². The molecule has 1 heterocycles. The molecule has 0 radical (unpaired) electrons.